The maximum Gasteiger partial charge on any atom is 0.391 e. The molecule has 2 atom stereocenters. The molecule has 0 saturated heterocycles. The molecule has 0 spiro atoms. The highest BCUT2D eigenvalue weighted by Crippen LogP contribution is 2.39. The van der Waals surface area contributed by atoms with Crippen molar-refractivity contribution in [2.24, 2.45) is 11.8 Å². The average molecular weight is 352 g/mol. The molecule has 8 heteroatoms. The Morgan fingerprint density at radius 3 is 2.84 bits per heavy atom. The monoisotopic (exact) mass is 352 g/mol. The maximum atomic E-state index is 12.9. The molecule has 0 aromatic carbocycles. The third kappa shape index (κ3) is 4.18. The van der Waals surface area contributed by atoms with Crippen LogP contribution in [0, 0.1) is 11.8 Å². The van der Waals surface area contributed by atoms with Crippen LogP contribution >= 0.6 is 0 Å². The van der Waals surface area contributed by atoms with E-state index in [-0.39, 0.29) is 25.3 Å². The van der Waals surface area contributed by atoms with Crippen LogP contribution in [0.1, 0.15) is 31.2 Å². The van der Waals surface area contributed by atoms with Gasteiger partial charge in [0.05, 0.1) is 5.92 Å². The Kier molecular flexibility index (Phi) is 5.06. The van der Waals surface area contributed by atoms with Gasteiger partial charge in [0.1, 0.15) is 0 Å². The number of hydrogen-bond donors (Lipinski definition) is 1. The highest BCUT2D eigenvalue weighted by molar-refractivity contribution is 5.78. The number of halogens is 3. The number of pyridine rings is 1. The summed E-state index contributed by atoms with van der Waals surface area (Å²) in [6, 6.07) is 5.31. The van der Waals surface area contributed by atoms with E-state index < -0.39 is 18.0 Å². The number of hydrogen-bond acceptors (Lipinski definition) is 3. The van der Waals surface area contributed by atoms with E-state index in [0.717, 1.165) is 5.56 Å². The molecule has 1 aliphatic carbocycles. The van der Waals surface area contributed by atoms with Crippen molar-refractivity contribution in [3.05, 3.63) is 42.4 Å². The second-order valence-corrected chi connectivity index (χ2v) is 6.26. The van der Waals surface area contributed by atoms with E-state index in [2.05, 4.69) is 15.4 Å². The van der Waals surface area contributed by atoms with Crippen molar-refractivity contribution in [1.29, 1.82) is 0 Å². The SMILES string of the molecule is O=C(NCc1cccnc1-n1cccn1)[C@H]1CCC[C@@H](C(F)(F)F)C1. The lowest BCUT2D eigenvalue weighted by Crippen LogP contribution is -2.37. The number of nitrogens with one attached hydrogen (secondary N) is 1. The molecule has 0 unspecified atom stereocenters. The van der Waals surface area contributed by atoms with E-state index in [1.54, 1.807) is 35.4 Å². The number of alkyl halides is 3. The molecule has 3 rings (SSSR count). The number of carbonyl (C=O) groups excluding carboxylic acids is 1. The molecule has 5 nitrogen and oxygen atoms in total. The Morgan fingerprint density at radius 2 is 2.12 bits per heavy atom. The number of amides is 1. The van der Waals surface area contributed by atoms with E-state index in [4.69, 9.17) is 0 Å². The molecule has 0 bridgehead atoms. The first kappa shape index (κ1) is 17.4. The highest BCUT2D eigenvalue weighted by atomic mass is 19.4. The minimum absolute atomic E-state index is 0.110. The smallest absolute Gasteiger partial charge is 0.352 e. The van der Waals surface area contributed by atoms with Gasteiger partial charge in [-0.05, 0) is 31.4 Å². The summed E-state index contributed by atoms with van der Waals surface area (Å²) >= 11 is 0. The second-order valence-electron chi connectivity index (χ2n) is 6.26. The van der Waals surface area contributed by atoms with Gasteiger partial charge < -0.3 is 5.32 Å². The molecule has 0 aliphatic heterocycles. The number of carbonyl (C=O) groups is 1. The van der Waals surface area contributed by atoms with Crippen molar-refractivity contribution >= 4 is 5.91 Å². The molecule has 134 valence electrons. The van der Waals surface area contributed by atoms with Gasteiger partial charge in [0.15, 0.2) is 5.82 Å². The van der Waals surface area contributed by atoms with Crippen LogP contribution in [-0.4, -0.2) is 26.8 Å². The van der Waals surface area contributed by atoms with Crippen molar-refractivity contribution in [2.45, 2.75) is 38.4 Å². The van der Waals surface area contributed by atoms with Crippen molar-refractivity contribution in [1.82, 2.24) is 20.1 Å². The van der Waals surface area contributed by atoms with Crippen LogP contribution in [0.15, 0.2) is 36.8 Å². The van der Waals surface area contributed by atoms with Crippen LogP contribution in [0.2, 0.25) is 0 Å². The van der Waals surface area contributed by atoms with Crippen LogP contribution in [0.3, 0.4) is 0 Å². The van der Waals surface area contributed by atoms with E-state index in [0.29, 0.717) is 18.7 Å². The summed E-state index contributed by atoms with van der Waals surface area (Å²) in [6.07, 6.45) is 1.66. The Balaban J connectivity index is 1.63. The molecule has 0 radical (unpaired) electrons. The molecule has 1 saturated carbocycles. The van der Waals surface area contributed by atoms with Gasteiger partial charge in [0.2, 0.25) is 5.91 Å². The maximum absolute atomic E-state index is 12.9. The largest absolute Gasteiger partial charge is 0.391 e. The molecule has 2 aromatic rings. The third-order valence-electron chi connectivity index (χ3n) is 4.55. The quantitative estimate of drug-likeness (QED) is 0.919. The first-order chi connectivity index (χ1) is 11.9. The highest BCUT2D eigenvalue weighted by Gasteiger charge is 2.43. The predicted octanol–water partition coefficient (Wildman–Crippen LogP) is 3.25. The Morgan fingerprint density at radius 1 is 1.28 bits per heavy atom. The summed E-state index contributed by atoms with van der Waals surface area (Å²) in [6.45, 7) is 0.203. The molecular weight excluding hydrogens is 333 g/mol. The summed E-state index contributed by atoms with van der Waals surface area (Å²) in [5.74, 6) is -1.71. The van der Waals surface area contributed by atoms with Crippen LogP contribution in [0.4, 0.5) is 13.2 Å². The van der Waals surface area contributed by atoms with Gasteiger partial charge in [0, 0.05) is 36.6 Å². The van der Waals surface area contributed by atoms with Crippen molar-refractivity contribution in [3.8, 4) is 5.82 Å². The van der Waals surface area contributed by atoms with Crippen LogP contribution in [-0.2, 0) is 11.3 Å². The lowest BCUT2D eigenvalue weighted by Gasteiger charge is -2.29. The molecule has 2 aromatic heterocycles. The standard InChI is InChI=1S/C17H19F3N4O/c18-17(19,20)14-6-1-4-12(10-14)16(25)22-11-13-5-2-7-21-15(13)24-9-3-8-23-24/h2-3,5,7-9,12,14H,1,4,6,10-11H2,(H,22,25)/t12-,14+/m0/s1. The van der Waals surface area contributed by atoms with Crippen LogP contribution < -0.4 is 5.32 Å². The van der Waals surface area contributed by atoms with Gasteiger partial charge in [-0.3, -0.25) is 4.79 Å². The molecule has 1 fully saturated rings. The first-order valence-electron chi connectivity index (χ1n) is 8.23. The summed E-state index contributed by atoms with van der Waals surface area (Å²) in [7, 11) is 0. The number of nitrogens with zero attached hydrogens (tertiary/aromatic N) is 3. The van der Waals surface area contributed by atoms with Crippen LogP contribution in [0.25, 0.3) is 5.82 Å². The van der Waals surface area contributed by atoms with E-state index >= 15 is 0 Å². The summed E-state index contributed by atoms with van der Waals surface area (Å²) in [5, 5.41) is 6.87. The lowest BCUT2D eigenvalue weighted by atomic mass is 9.80. The third-order valence-corrected chi connectivity index (χ3v) is 4.55. The normalized spacial score (nSPS) is 21.1. The molecule has 25 heavy (non-hydrogen) atoms. The fourth-order valence-corrected chi connectivity index (χ4v) is 3.22. The van der Waals surface area contributed by atoms with E-state index in [9.17, 15) is 18.0 Å². The van der Waals surface area contributed by atoms with Gasteiger partial charge >= 0.3 is 6.18 Å². The summed E-state index contributed by atoms with van der Waals surface area (Å²) in [4.78, 5) is 16.6. The lowest BCUT2D eigenvalue weighted by molar-refractivity contribution is -0.186. The van der Waals surface area contributed by atoms with Gasteiger partial charge in [-0.15, -0.1) is 0 Å². The van der Waals surface area contributed by atoms with Crippen molar-refractivity contribution < 1.29 is 18.0 Å². The fraction of sp³-hybridized carbons (Fsp3) is 0.471. The van der Waals surface area contributed by atoms with E-state index in [1.165, 1.54) is 0 Å². The van der Waals surface area contributed by atoms with Gasteiger partial charge in [-0.25, -0.2) is 9.67 Å². The van der Waals surface area contributed by atoms with E-state index in [1.807, 2.05) is 6.07 Å². The van der Waals surface area contributed by atoms with Gasteiger partial charge in [0.25, 0.3) is 0 Å². The minimum atomic E-state index is -4.23. The summed E-state index contributed by atoms with van der Waals surface area (Å²) in [5.41, 5.74) is 0.753. The Hall–Kier alpha value is -2.38. The number of rotatable bonds is 4. The zero-order chi connectivity index (χ0) is 17.9. The first-order valence-corrected chi connectivity index (χ1v) is 8.23. The molecular formula is C17H19F3N4O. The average Bonchev–Trinajstić information content (AvgIpc) is 3.14. The van der Waals surface area contributed by atoms with Crippen molar-refractivity contribution in [2.75, 3.05) is 0 Å². The minimum Gasteiger partial charge on any atom is -0.352 e. The van der Waals surface area contributed by atoms with Gasteiger partial charge in [-0.1, -0.05) is 12.5 Å². The zero-order valence-electron chi connectivity index (χ0n) is 13.5. The summed E-state index contributed by atoms with van der Waals surface area (Å²) < 4.78 is 40.3. The van der Waals surface area contributed by atoms with Crippen LogP contribution in [0.5, 0.6) is 0 Å². The number of aromatic nitrogens is 3. The zero-order valence-corrected chi connectivity index (χ0v) is 13.5. The molecule has 2 heterocycles. The Labute approximate surface area is 143 Å². The molecule has 1 aliphatic rings. The molecule has 1 amide bonds. The second kappa shape index (κ2) is 7.25. The molecule has 1 N–H and O–H groups in total. The topological polar surface area (TPSA) is 59.8 Å². The van der Waals surface area contributed by atoms with Crippen molar-refractivity contribution in [3.63, 3.8) is 0 Å². The fourth-order valence-electron chi connectivity index (χ4n) is 3.22. The predicted molar refractivity (Wildman–Crippen MR) is 84.7 cm³/mol. The van der Waals surface area contributed by atoms with Gasteiger partial charge in [-0.2, -0.15) is 18.3 Å². The Bertz CT molecular complexity index is 715.